The molecule has 0 spiro atoms. The van der Waals surface area contributed by atoms with E-state index in [1.54, 1.807) is 6.92 Å². The Bertz CT molecular complexity index is 103. The maximum atomic E-state index is 9.00. The highest BCUT2D eigenvalue weighted by Crippen LogP contribution is 1.91. The second-order valence-corrected chi connectivity index (χ2v) is 2.49. The molecule has 0 aromatic carbocycles. The maximum absolute atomic E-state index is 9.00. The molecule has 5 heteroatoms. The lowest BCUT2D eigenvalue weighted by molar-refractivity contribution is -0.134. The average Bonchev–Trinajstić information content (AvgIpc) is 1.87. The Hall–Kier alpha value is -0.650. The van der Waals surface area contributed by atoms with E-state index in [1.165, 1.54) is 0 Å². The van der Waals surface area contributed by atoms with Gasteiger partial charge >= 0.3 is 0 Å². The van der Waals surface area contributed by atoms with Crippen molar-refractivity contribution in [3.8, 4) is 0 Å². The van der Waals surface area contributed by atoms with Gasteiger partial charge in [-0.25, -0.2) is 0 Å². The van der Waals surface area contributed by atoms with E-state index in [-0.39, 0.29) is 13.2 Å². The highest BCUT2D eigenvalue weighted by Gasteiger charge is 2.13. The Morgan fingerprint density at radius 2 is 1.64 bits per heavy atom. The minimum Gasteiger partial charge on any atom is -0.481 e. The van der Waals surface area contributed by atoms with Crippen LogP contribution in [0.5, 0.6) is 0 Å². The number of nitrogens with two attached hydrogens (primary N) is 1. The Kier molecular flexibility index (Phi) is 7.18. The van der Waals surface area contributed by atoms with Crippen LogP contribution in [-0.2, 0) is 4.79 Å². The topological polar surface area (TPSA) is 104 Å². The molecule has 0 rings (SSSR count). The van der Waals surface area contributed by atoms with E-state index in [1.807, 2.05) is 0 Å². The fourth-order valence-corrected chi connectivity index (χ4v) is 0.0500. The van der Waals surface area contributed by atoms with Crippen LogP contribution in [0, 0.1) is 0 Å². The third-order valence-corrected chi connectivity index (χ3v) is 0.722. The van der Waals surface area contributed by atoms with Crippen LogP contribution in [0.2, 0.25) is 0 Å². The van der Waals surface area contributed by atoms with E-state index in [4.69, 9.17) is 25.8 Å². The van der Waals surface area contributed by atoms with Crippen LogP contribution in [0.4, 0.5) is 0 Å². The fourth-order valence-electron chi connectivity index (χ4n) is 0.0500. The van der Waals surface area contributed by atoms with Crippen LogP contribution >= 0.6 is 0 Å². The van der Waals surface area contributed by atoms with Crippen molar-refractivity contribution in [3.05, 3.63) is 0 Å². The van der Waals surface area contributed by atoms with Crippen molar-refractivity contribution in [2.24, 2.45) is 5.73 Å². The molecule has 0 bridgehead atoms. The smallest absolute Gasteiger partial charge is 0.300 e. The van der Waals surface area contributed by atoms with Gasteiger partial charge in [0.25, 0.3) is 5.97 Å². The predicted octanol–water partition coefficient (Wildman–Crippen LogP) is -1.22. The molecular weight excluding hydrogens is 150 g/mol. The van der Waals surface area contributed by atoms with Crippen LogP contribution in [0.15, 0.2) is 0 Å². The van der Waals surface area contributed by atoms with E-state index < -0.39 is 11.5 Å². The third kappa shape index (κ3) is 17.6. The SMILES string of the molecule is CC(=O)O.CC(N)(CO)CO. The maximum Gasteiger partial charge on any atom is 0.300 e. The van der Waals surface area contributed by atoms with E-state index in [0.717, 1.165) is 6.92 Å². The lowest BCUT2D eigenvalue weighted by Gasteiger charge is -2.16. The number of carbonyl (C=O) groups is 1. The lowest BCUT2D eigenvalue weighted by Crippen LogP contribution is -2.43. The number of rotatable bonds is 2. The van der Waals surface area contributed by atoms with Gasteiger partial charge < -0.3 is 21.1 Å². The molecule has 0 saturated heterocycles. The summed E-state index contributed by atoms with van der Waals surface area (Å²) in [5, 5.41) is 24.0. The van der Waals surface area contributed by atoms with Crippen molar-refractivity contribution in [1.82, 2.24) is 0 Å². The normalized spacial score (nSPS) is 9.91. The molecule has 0 unspecified atom stereocenters. The van der Waals surface area contributed by atoms with Crippen molar-refractivity contribution in [2.75, 3.05) is 13.2 Å². The second kappa shape index (κ2) is 6.09. The molecule has 0 aliphatic heterocycles. The summed E-state index contributed by atoms with van der Waals surface area (Å²) in [5.41, 5.74) is 4.41. The summed E-state index contributed by atoms with van der Waals surface area (Å²) in [6.07, 6.45) is 0. The summed E-state index contributed by atoms with van der Waals surface area (Å²) >= 11 is 0. The molecule has 0 saturated carbocycles. The van der Waals surface area contributed by atoms with Gasteiger partial charge in [0.15, 0.2) is 0 Å². The summed E-state index contributed by atoms with van der Waals surface area (Å²) in [5.74, 6) is -0.833. The highest BCUT2D eigenvalue weighted by molar-refractivity contribution is 5.62. The van der Waals surface area contributed by atoms with E-state index >= 15 is 0 Å². The molecule has 0 aromatic heterocycles. The average molecular weight is 165 g/mol. The number of hydrogen-bond donors (Lipinski definition) is 4. The predicted molar refractivity (Wildman–Crippen MR) is 40.1 cm³/mol. The number of aliphatic carboxylic acids is 1. The standard InChI is InChI=1S/C4H11NO2.C2H4O2/c1-4(5,2-6)3-7;1-2(3)4/h6-7H,2-3,5H2,1H3;1H3,(H,3,4). The first kappa shape index (κ1) is 13.0. The number of aliphatic hydroxyl groups is 2. The van der Waals surface area contributed by atoms with E-state index in [9.17, 15) is 0 Å². The first-order valence-corrected chi connectivity index (χ1v) is 3.06. The molecule has 68 valence electrons. The van der Waals surface area contributed by atoms with Gasteiger partial charge in [-0.3, -0.25) is 4.79 Å². The van der Waals surface area contributed by atoms with Gasteiger partial charge in [-0.2, -0.15) is 0 Å². The van der Waals surface area contributed by atoms with Crippen molar-refractivity contribution in [1.29, 1.82) is 0 Å². The largest absolute Gasteiger partial charge is 0.481 e. The van der Waals surface area contributed by atoms with Gasteiger partial charge in [-0.15, -0.1) is 0 Å². The monoisotopic (exact) mass is 165 g/mol. The summed E-state index contributed by atoms with van der Waals surface area (Å²) in [4.78, 5) is 9.00. The van der Waals surface area contributed by atoms with Crippen LogP contribution in [0.25, 0.3) is 0 Å². The highest BCUT2D eigenvalue weighted by atomic mass is 16.4. The molecule has 0 aliphatic rings. The van der Waals surface area contributed by atoms with Gasteiger partial charge in [0, 0.05) is 6.92 Å². The van der Waals surface area contributed by atoms with Gasteiger partial charge in [0.1, 0.15) is 0 Å². The zero-order valence-electron chi connectivity index (χ0n) is 6.74. The molecule has 0 aliphatic carbocycles. The van der Waals surface area contributed by atoms with Gasteiger partial charge in [0.05, 0.1) is 18.8 Å². The van der Waals surface area contributed by atoms with Crippen LogP contribution in [0.3, 0.4) is 0 Å². The van der Waals surface area contributed by atoms with Crippen molar-refractivity contribution in [3.63, 3.8) is 0 Å². The van der Waals surface area contributed by atoms with Gasteiger partial charge in [-0.05, 0) is 6.92 Å². The third-order valence-electron chi connectivity index (χ3n) is 0.722. The Labute approximate surface area is 65.5 Å². The first-order chi connectivity index (χ1) is 4.85. The Morgan fingerprint density at radius 1 is 1.45 bits per heavy atom. The molecule has 5 nitrogen and oxygen atoms in total. The summed E-state index contributed by atoms with van der Waals surface area (Å²) in [7, 11) is 0. The lowest BCUT2D eigenvalue weighted by atomic mass is 10.1. The molecular formula is C6H15NO4. The summed E-state index contributed by atoms with van der Waals surface area (Å²) < 4.78 is 0. The van der Waals surface area contributed by atoms with Crippen LogP contribution in [0.1, 0.15) is 13.8 Å². The Balaban J connectivity index is 0. The van der Waals surface area contributed by atoms with Crippen molar-refractivity contribution >= 4 is 5.97 Å². The molecule has 0 aromatic rings. The molecule has 0 atom stereocenters. The Morgan fingerprint density at radius 3 is 1.64 bits per heavy atom. The zero-order valence-corrected chi connectivity index (χ0v) is 6.74. The summed E-state index contributed by atoms with van der Waals surface area (Å²) in [6.45, 7) is 2.31. The number of hydrogen-bond acceptors (Lipinski definition) is 4. The second-order valence-electron chi connectivity index (χ2n) is 2.49. The quantitative estimate of drug-likeness (QED) is 0.410. The number of carboxylic acid groups (broad SMARTS) is 1. The van der Waals surface area contributed by atoms with E-state index in [2.05, 4.69) is 0 Å². The van der Waals surface area contributed by atoms with Crippen molar-refractivity contribution in [2.45, 2.75) is 19.4 Å². The molecule has 11 heavy (non-hydrogen) atoms. The minimum atomic E-state index is -0.833. The van der Waals surface area contributed by atoms with Crippen LogP contribution < -0.4 is 5.73 Å². The molecule has 5 N–H and O–H groups in total. The van der Waals surface area contributed by atoms with E-state index in [0.29, 0.717) is 0 Å². The molecule has 0 radical (unpaired) electrons. The molecule has 0 amide bonds. The van der Waals surface area contributed by atoms with Crippen LogP contribution in [-0.4, -0.2) is 40.0 Å². The molecule has 0 heterocycles. The summed E-state index contributed by atoms with van der Waals surface area (Å²) in [6, 6.07) is 0. The minimum absolute atomic E-state index is 0.177. The fraction of sp³-hybridized carbons (Fsp3) is 0.833. The zero-order chi connectivity index (χ0) is 9.49. The number of aliphatic hydroxyl groups excluding tert-OH is 2. The molecule has 0 fully saturated rings. The van der Waals surface area contributed by atoms with Gasteiger partial charge in [0.2, 0.25) is 0 Å². The van der Waals surface area contributed by atoms with Crippen molar-refractivity contribution < 1.29 is 20.1 Å². The van der Waals surface area contributed by atoms with Gasteiger partial charge in [-0.1, -0.05) is 0 Å². The number of carboxylic acids is 1. The first-order valence-electron chi connectivity index (χ1n) is 3.06.